The SMILES string of the molecule is CC[C@H](NC(=O)C1C[C@@H](C)N(C)[C@@H](C)C1)C(=O)N1CCC[C@@H](C(=O)OCC(C)(C)Cc2c(-c3cccnc3[C@H](C)OC)n(CC)c3ccc(-c4cscn4)cc23)N1. The molecule has 0 spiro atoms. The number of rotatable bonds is 14. The number of carbonyl (C=O) groups excluding carboxylic acids is 3. The first-order valence-corrected chi connectivity index (χ1v) is 21.5. The van der Waals surface area contributed by atoms with Gasteiger partial charge in [0.1, 0.15) is 12.1 Å². The van der Waals surface area contributed by atoms with E-state index < -0.39 is 23.5 Å². The van der Waals surface area contributed by atoms with E-state index in [9.17, 15) is 14.4 Å². The van der Waals surface area contributed by atoms with Gasteiger partial charge in [-0.2, -0.15) is 0 Å². The van der Waals surface area contributed by atoms with E-state index >= 15 is 0 Å². The molecular formula is C44H61N7O5S. The second kappa shape index (κ2) is 18.2. The maximum atomic E-state index is 13.8. The van der Waals surface area contributed by atoms with E-state index in [1.807, 2.05) is 25.4 Å². The average molecular weight is 800 g/mol. The van der Waals surface area contributed by atoms with Gasteiger partial charge in [0, 0.05) is 77.2 Å². The Kier molecular flexibility index (Phi) is 13.5. The molecule has 2 aliphatic rings. The van der Waals surface area contributed by atoms with Crippen molar-refractivity contribution in [3.05, 3.63) is 58.7 Å². The molecule has 0 saturated carbocycles. The summed E-state index contributed by atoms with van der Waals surface area (Å²) in [4.78, 5) is 52.5. The van der Waals surface area contributed by atoms with Gasteiger partial charge in [0.05, 0.1) is 35.3 Å². The summed E-state index contributed by atoms with van der Waals surface area (Å²) in [7, 11) is 3.79. The summed E-state index contributed by atoms with van der Waals surface area (Å²) in [6.07, 6.45) is 5.37. The zero-order chi connectivity index (χ0) is 41.0. The minimum Gasteiger partial charge on any atom is -0.464 e. The summed E-state index contributed by atoms with van der Waals surface area (Å²) in [5.41, 5.74) is 11.7. The van der Waals surface area contributed by atoms with E-state index in [1.54, 1.807) is 24.6 Å². The molecule has 2 amide bonds. The van der Waals surface area contributed by atoms with Crippen LogP contribution in [0.1, 0.15) is 97.9 Å². The third-order valence-corrected chi connectivity index (χ3v) is 12.7. The first-order chi connectivity index (χ1) is 27.3. The molecule has 5 heterocycles. The predicted octanol–water partition coefficient (Wildman–Crippen LogP) is 7.18. The molecule has 4 aromatic rings. The number of carbonyl (C=O) groups is 3. The number of likely N-dealkylation sites (tertiary alicyclic amines) is 1. The maximum absolute atomic E-state index is 13.8. The molecule has 308 valence electrons. The maximum Gasteiger partial charge on any atom is 0.324 e. The lowest BCUT2D eigenvalue weighted by Crippen LogP contribution is -2.60. The van der Waals surface area contributed by atoms with Crippen molar-refractivity contribution in [3.63, 3.8) is 0 Å². The Labute approximate surface area is 341 Å². The second-order valence-electron chi connectivity index (χ2n) is 16.8. The summed E-state index contributed by atoms with van der Waals surface area (Å²) >= 11 is 1.57. The van der Waals surface area contributed by atoms with Crippen LogP contribution < -0.4 is 10.7 Å². The van der Waals surface area contributed by atoms with E-state index in [1.165, 1.54) is 5.01 Å². The van der Waals surface area contributed by atoms with Crippen LogP contribution in [0.5, 0.6) is 0 Å². The van der Waals surface area contributed by atoms with Crippen LogP contribution in [-0.4, -0.2) is 93.7 Å². The Morgan fingerprint density at radius 3 is 2.53 bits per heavy atom. The molecule has 2 fully saturated rings. The molecule has 2 saturated heterocycles. The van der Waals surface area contributed by atoms with Gasteiger partial charge in [-0.15, -0.1) is 11.3 Å². The molecule has 13 heteroatoms. The molecule has 3 aromatic heterocycles. The Balaban J connectivity index is 1.19. The molecule has 6 atom stereocenters. The van der Waals surface area contributed by atoms with Crippen molar-refractivity contribution in [2.75, 3.05) is 27.3 Å². The Bertz CT molecular complexity index is 2020. The molecular weight excluding hydrogens is 739 g/mol. The van der Waals surface area contributed by atoms with Crippen LogP contribution in [0.4, 0.5) is 0 Å². The second-order valence-corrected chi connectivity index (χ2v) is 17.5. The van der Waals surface area contributed by atoms with Crippen LogP contribution in [0, 0.1) is 11.3 Å². The number of hydrogen-bond acceptors (Lipinski definition) is 10. The highest BCUT2D eigenvalue weighted by atomic mass is 32.1. The van der Waals surface area contributed by atoms with Crippen LogP contribution in [0.3, 0.4) is 0 Å². The van der Waals surface area contributed by atoms with Gasteiger partial charge in [-0.25, -0.2) is 10.4 Å². The smallest absolute Gasteiger partial charge is 0.324 e. The largest absolute Gasteiger partial charge is 0.464 e. The number of pyridine rings is 1. The molecule has 2 aliphatic heterocycles. The number of fused-ring (bicyclic) bond motifs is 1. The van der Waals surface area contributed by atoms with Crippen molar-refractivity contribution >= 4 is 40.0 Å². The lowest BCUT2D eigenvalue weighted by atomic mass is 9.84. The summed E-state index contributed by atoms with van der Waals surface area (Å²) < 4.78 is 14.2. The molecule has 0 bridgehead atoms. The van der Waals surface area contributed by atoms with Crippen LogP contribution in [0.25, 0.3) is 33.4 Å². The minimum atomic E-state index is -0.674. The number of nitrogens with zero attached hydrogens (tertiary/aromatic N) is 5. The van der Waals surface area contributed by atoms with Crippen molar-refractivity contribution < 1.29 is 23.9 Å². The van der Waals surface area contributed by atoms with Crippen LogP contribution in [0.2, 0.25) is 0 Å². The van der Waals surface area contributed by atoms with E-state index in [0.29, 0.717) is 44.3 Å². The Hall–Kier alpha value is -4.17. The van der Waals surface area contributed by atoms with Gasteiger partial charge in [-0.3, -0.25) is 24.4 Å². The fourth-order valence-corrected chi connectivity index (χ4v) is 9.10. The summed E-state index contributed by atoms with van der Waals surface area (Å²) in [6.45, 7) is 16.0. The van der Waals surface area contributed by atoms with Crippen molar-refractivity contribution in [2.24, 2.45) is 11.3 Å². The Morgan fingerprint density at radius 1 is 1.11 bits per heavy atom. The van der Waals surface area contributed by atoms with Gasteiger partial charge >= 0.3 is 5.97 Å². The summed E-state index contributed by atoms with van der Waals surface area (Å²) in [5, 5.41) is 7.73. The molecule has 1 aromatic carbocycles. The quantitative estimate of drug-likeness (QED) is 0.128. The zero-order valence-corrected chi connectivity index (χ0v) is 35.9. The van der Waals surface area contributed by atoms with Crippen LogP contribution in [-0.2, 0) is 36.8 Å². The topological polar surface area (TPSA) is 131 Å². The normalized spacial score (nSPS) is 21.7. The summed E-state index contributed by atoms with van der Waals surface area (Å²) in [6, 6.07) is 9.85. The van der Waals surface area contributed by atoms with Gasteiger partial charge in [0.25, 0.3) is 5.91 Å². The fourth-order valence-electron chi connectivity index (χ4n) is 8.54. The number of benzene rings is 1. The number of thiazole rings is 1. The number of aromatic nitrogens is 3. The highest BCUT2D eigenvalue weighted by molar-refractivity contribution is 7.07. The van der Waals surface area contributed by atoms with Crippen molar-refractivity contribution in [1.82, 2.24) is 35.2 Å². The number of aryl methyl sites for hydroxylation is 1. The standard InChI is InChI=1S/C44H61N7O5S/c1-10-35(47-41(52)31-20-27(3)49(8)28(4)21-31)42(53)51-19-13-15-36(48-51)43(54)56-25-44(6,7)23-34-33-22-30(37-24-57-26-46-37)16-17-38(33)50(11-2)40(34)32-14-12-18-45-39(32)29(5)55-9/h12,14,16-18,22,24,26-29,31,35-36,48H,10-11,13,15,19-21,23,25H2,1-9H3,(H,47,52)/t27-,28+,29-,31?,35-,36-/m0/s1. The zero-order valence-electron chi connectivity index (χ0n) is 35.1. The first kappa shape index (κ1) is 42.4. The molecule has 12 nitrogen and oxygen atoms in total. The molecule has 57 heavy (non-hydrogen) atoms. The number of nitrogens with one attached hydrogen (secondary N) is 2. The predicted molar refractivity (Wildman–Crippen MR) is 225 cm³/mol. The number of hydrazine groups is 1. The average Bonchev–Trinajstić information content (AvgIpc) is 3.86. The summed E-state index contributed by atoms with van der Waals surface area (Å²) in [5.74, 6) is -0.831. The number of piperidine rings is 1. The lowest BCUT2D eigenvalue weighted by Gasteiger charge is -2.40. The molecule has 6 rings (SSSR count). The third kappa shape index (κ3) is 9.27. The van der Waals surface area contributed by atoms with Crippen molar-refractivity contribution in [2.45, 2.75) is 124 Å². The van der Waals surface area contributed by atoms with Crippen LogP contribution >= 0.6 is 11.3 Å². The van der Waals surface area contributed by atoms with E-state index in [0.717, 1.165) is 64.1 Å². The highest BCUT2D eigenvalue weighted by Crippen LogP contribution is 2.41. The van der Waals surface area contributed by atoms with Gasteiger partial charge in [0.2, 0.25) is 5.91 Å². The monoisotopic (exact) mass is 799 g/mol. The number of methoxy groups -OCH3 is 1. The minimum absolute atomic E-state index is 0.0743. The van der Waals surface area contributed by atoms with E-state index in [2.05, 4.69) is 96.5 Å². The number of hydrogen-bond donors (Lipinski definition) is 2. The third-order valence-electron chi connectivity index (χ3n) is 12.1. The number of esters is 1. The van der Waals surface area contributed by atoms with E-state index in [4.69, 9.17) is 14.5 Å². The van der Waals surface area contributed by atoms with Gasteiger partial charge < -0.3 is 24.3 Å². The van der Waals surface area contributed by atoms with E-state index in [-0.39, 0.29) is 30.4 Å². The van der Waals surface area contributed by atoms with Crippen molar-refractivity contribution in [3.8, 4) is 22.5 Å². The van der Waals surface area contributed by atoms with Gasteiger partial charge in [0.15, 0.2) is 0 Å². The highest BCUT2D eigenvalue weighted by Gasteiger charge is 2.37. The molecule has 1 unspecified atom stereocenters. The lowest BCUT2D eigenvalue weighted by molar-refractivity contribution is -0.155. The number of ether oxygens (including phenoxy) is 2. The number of amides is 2. The van der Waals surface area contributed by atoms with Gasteiger partial charge in [-0.05, 0) is 103 Å². The molecule has 0 aliphatic carbocycles. The van der Waals surface area contributed by atoms with Crippen LogP contribution in [0.15, 0.2) is 47.4 Å². The van der Waals surface area contributed by atoms with Gasteiger partial charge in [-0.1, -0.05) is 26.8 Å². The Morgan fingerprint density at radius 2 is 1.86 bits per heavy atom. The molecule has 0 radical (unpaired) electrons. The molecule has 2 N–H and O–H groups in total. The first-order valence-electron chi connectivity index (χ1n) is 20.5. The van der Waals surface area contributed by atoms with Crippen molar-refractivity contribution in [1.29, 1.82) is 0 Å². The fraction of sp³-hybridized carbons (Fsp3) is 0.568.